The van der Waals surface area contributed by atoms with Crippen LogP contribution in [0, 0.1) is 0 Å². The van der Waals surface area contributed by atoms with E-state index in [1.54, 1.807) is 30.3 Å². The van der Waals surface area contributed by atoms with Gasteiger partial charge in [0.25, 0.3) is 5.91 Å². The predicted octanol–water partition coefficient (Wildman–Crippen LogP) is 3.72. The Labute approximate surface area is 135 Å². The molecule has 0 unspecified atom stereocenters. The molecule has 0 radical (unpaired) electrons. The molecular weight excluding hydrogens is 322 g/mol. The van der Waals surface area contributed by atoms with Gasteiger partial charge < -0.3 is 4.74 Å². The van der Waals surface area contributed by atoms with Crippen molar-refractivity contribution < 1.29 is 9.53 Å². The fraction of sp³-hybridized carbons (Fsp3) is 0.0667. The van der Waals surface area contributed by atoms with Gasteiger partial charge in [-0.2, -0.15) is 0 Å². The standard InChI is InChI=1S/C15H12ClN3O2S/c1-21-11-7-3-2-5-9(11)14(20)18-19-15-17-13-10(16)6-4-8-12(13)22-15/h2-8H,1H3,(H,17,19)(H,18,20). The third kappa shape index (κ3) is 2.84. The number of nitrogens with one attached hydrogen (secondary N) is 2. The Morgan fingerprint density at radius 1 is 1.23 bits per heavy atom. The quantitative estimate of drug-likeness (QED) is 0.714. The number of nitrogens with zero attached hydrogens (tertiary/aromatic N) is 1. The minimum atomic E-state index is -0.303. The lowest BCUT2D eigenvalue weighted by Gasteiger charge is -2.08. The number of methoxy groups -OCH3 is 1. The van der Waals surface area contributed by atoms with Crippen LogP contribution in [0.15, 0.2) is 42.5 Å². The molecular formula is C15H12ClN3O2S. The van der Waals surface area contributed by atoms with Crippen molar-refractivity contribution in [1.29, 1.82) is 0 Å². The number of halogens is 1. The van der Waals surface area contributed by atoms with Crippen LogP contribution in [-0.2, 0) is 0 Å². The number of carbonyl (C=O) groups is 1. The Kier molecular flexibility index (Phi) is 4.13. The summed E-state index contributed by atoms with van der Waals surface area (Å²) in [5.74, 6) is 0.206. The van der Waals surface area contributed by atoms with Gasteiger partial charge in [-0.3, -0.25) is 15.6 Å². The Balaban J connectivity index is 1.76. The maximum absolute atomic E-state index is 12.2. The summed E-state index contributed by atoms with van der Waals surface area (Å²) < 4.78 is 6.11. The smallest absolute Gasteiger partial charge is 0.273 e. The summed E-state index contributed by atoms with van der Waals surface area (Å²) in [7, 11) is 1.52. The van der Waals surface area contributed by atoms with E-state index in [1.165, 1.54) is 18.4 Å². The molecule has 1 heterocycles. The molecule has 22 heavy (non-hydrogen) atoms. The molecule has 1 aromatic heterocycles. The normalized spacial score (nSPS) is 10.5. The van der Waals surface area contributed by atoms with Crippen LogP contribution in [0.5, 0.6) is 5.75 Å². The Hall–Kier alpha value is -2.31. The van der Waals surface area contributed by atoms with Crippen LogP contribution < -0.4 is 15.6 Å². The summed E-state index contributed by atoms with van der Waals surface area (Å²) in [4.78, 5) is 16.5. The summed E-state index contributed by atoms with van der Waals surface area (Å²) in [6.07, 6.45) is 0. The minimum absolute atomic E-state index is 0.303. The monoisotopic (exact) mass is 333 g/mol. The van der Waals surface area contributed by atoms with Crippen molar-refractivity contribution in [2.75, 3.05) is 12.5 Å². The van der Waals surface area contributed by atoms with E-state index in [2.05, 4.69) is 15.8 Å². The molecule has 5 nitrogen and oxygen atoms in total. The first kappa shape index (κ1) is 14.6. The predicted molar refractivity (Wildman–Crippen MR) is 88.7 cm³/mol. The first-order valence-corrected chi connectivity index (χ1v) is 7.63. The van der Waals surface area contributed by atoms with E-state index in [1.807, 2.05) is 12.1 Å². The summed E-state index contributed by atoms with van der Waals surface area (Å²) in [6, 6.07) is 12.6. The van der Waals surface area contributed by atoms with Crippen molar-refractivity contribution in [3.8, 4) is 5.75 Å². The van der Waals surface area contributed by atoms with Gasteiger partial charge in [0, 0.05) is 0 Å². The molecule has 0 atom stereocenters. The van der Waals surface area contributed by atoms with Gasteiger partial charge in [0.1, 0.15) is 11.3 Å². The van der Waals surface area contributed by atoms with Gasteiger partial charge in [0.15, 0.2) is 0 Å². The lowest BCUT2D eigenvalue weighted by molar-refractivity contribution is 0.0959. The van der Waals surface area contributed by atoms with Crippen LogP contribution in [0.25, 0.3) is 10.2 Å². The number of hydrogen-bond donors (Lipinski definition) is 2. The van der Waals surface area contributed by atoms with E-state index in [0.717, 1.165) is 4.70 Å². The highest BCUT2D eigenvalue weighted by molar-refractivity contribution is 7.22. The van der Waals surface area contributed by atoms with Crippen LogP contribution in [0.1, 0.15) is 10.4 Å². The average molecular weight is 334 g/mol. The number of fused-ring (bicyclic) bond motifs is 1. The maximum atomic E-state index is 12.2. The first-order valence-electron chi connectivity index (χ1n) is 6.43. The van der Waals surface area contributed by atoms with Crippen molar-refractivity contribution in [3.05, 3.63) is 53.1 Å². The molecule has 1 amide bonds. The van der Waals surface area contributed by atoms with Gasteiger partial charge in [0.2, 0.25) is 5.13 Å². The molecule has 0 fully saturated rings. The van der Waals surface area contributed by atoms with Crippen LogP contribution in [-0.4, -0.2) is 18.0 Å². The molecule has 0 bridgehead atoms. The largest absolute Gasteiger partial charge is 0.496 e. The highest BCUT2D eigenvalue weighted by Gasteiger charge is 2.12. The molecule has 0 saturated heterocycles. The number of para-hydroxylation sites is 2. The zero-order valence-corrected chi connectivity index (χ0v) is 13.2. The van der Waals surface area contributed by atoms with Crippen molar-refractivity contribution >= 4 is 44.2 Å². The third-order valence-corrected chi connectivity index (χ3v) is 4.25. The van der Waals surface area contributed by atoms with E-state index >= 15 is 0 Å². The molecule has 0 aliphatic carbocycles. The van der Waals surface area contributed by atoms with E-state index in [-0.39, 0.29) is 5.91 Å². The molecule has 7 heteroatoms. The third-order valence-electron chi connectivity index (χ3n) is 3.00. The molecule has 3 aromatic rings. The number of carbonyl (C=O) groups excluding carboxylic acids is 1. The molecule has 0 saturated carbocycles. The number of ether oxygens (including phenoxy) is 1. The first-order chi connectivity index (χ1) is 10.7. The molecule has 0 spiro atoms. The summed E-state index contributed by atoms with van der Waals surface area (Å²) >= 11 is 7.49. The van der Waals surface area contributed by atoms with Gasteiger partial charge in [-0.15, -0.1) is 0 Å². The highest BCUT2D eigenvalue weighted by atomic mass is 35.5. The molecule has 2 N–H and O–H groups in total. The SMILES string of the molecule is COc1ccccc1C(=O)NNc1nc2c(Cl)cccc2s1. The molecule has 0 aliphatic heterocycles. The van der Waals surface area contributed by atoms with E-state index in [4.69, 9.17) is 16.3 Å². The number of benzene rings is 2. The molecule has 0 aliphatic rings. The Bertz CT molecular complexity index is 835. The number of anilines is 1. The average Bonchev–Trinajstić information content (AvgIpc) is 2.97. The molecule has 112 valence electrons. The van der Waals surface area contributed by atoms with Gasteiger partial charge in [-0.25, -0.2) is 4.98 Å². The van der Waals surface area contributed by atoms with Crippen molar-refractivity contribution in [2.24, 2.45) is 0 Å². The number of thiazole rings is 1. The maximum Gasteiger partial charge on any atom is 0.273 e. The summed E-state index contributed by atoms with van der Waals surface area (Å²) in [6.45, 7) is 0. The van der Waals surface area contributed by atoms with E-state index in [0.29, 0.717) is 27.0 Å². The zero-order chi connectivity index (χ0) is 15.5. The van der Waals surface area contributed by atoms with Crippen LogP contribution in [0.4, 0.5) is 5.13 Å². The van der Waals surface area contributed by atoms with Gasteiger partial charge in [-0.05, 0) is 24.3 Å². The topological polar surface area (TPSA) is 63.2 Å². The van der Waals surface area contributed by atoms with Crippen LogP contribution >= 0.6 is 22.9 Å². The van der Waals surface area contributed by atoms with Crippen molar-refractivity contribution in [3.63, 3.8) is 0 Å². The second kappa shape index (κ2) is 6.21. The van der Waals surface area contributed by atoms with E-state index < -0.39 is 0 Å². The van der Waals surface area contributed by atoms with Gasteiger partial charge >= 0.3 is 0 Å². The molecule has 2 aromatic carbocycles. The second-order valence-electron chi connectivity index (χ2n) is 4.39. The van der Waals surface area contributed by atoms with Crippen molar-refractivity contribution in [1.82, 2.24) is 10.4 Å². The number of aromatic nitrogens is 1. The Morgan fingerprint density at radius 2 is 2.05 bits per heavy atom. The summed E-state index contributed by atoms with van der Waals surface area (Å²) in [5.41, 5.74) is 6.56. The molecule has 3 rings (SSSR count). The number of hydrogen-bond acceptors (Lipinski definition) is 5. The van der Waals surface area contributed by atoms with Gasteiger partial charge in [0.05, 0.1) is 22.4 Å². The number of rotatable bonds is 4. The summed E-state index contributed by atoms with van der Waals surface area (Å²) in [5, 5.41) is 1.14. The number of hydrazine groups is 1. The Morgan fingerprint density at radius 3 is 2.82 bits per heavy atom. The van der Waals surface area contributed by atoms with Crippen molar-refractivity contribution in [2.45, 2.75) is 0 Å². The van der Waals surface area contributed by atoms with E-state index in [9.17, 15) is 4.79 Å². The van der Waals surface area contributed by atoms with Gasteiger partial charge in [-0.1, -0.05) is 41.1 Å². The minimum Gasteiger partial charge on any atom is -0.496 e. The zero-order valence-electron chi connectivity index (χ0n) is 11.6. The van der Waals surface area contributed by atoms with Crippen LogP contribution in [0.3, 0.4) is 0 Å². The lowest BCUT2D eigenvalue weighted by atomic mass is 10.2. The fourth-order valence-corrected chi connectivity index (χ4v) is 3.10. The fourth-order valence-electron chi connectivity index (χ4n) is 1.98. The number of amides is 1. The van der Waals surface area contributed by atoms with Crippen LogP contribution in [0.2, 0.25) is 5.02 Å². The highest BCUT2D eigenvalue weighted by Crippen LogP contribution is 2.30. The lowest BCUT2D eigenvalue weighted by Crippen LogP contribution is -2.29. The second-order valence-corrected chi connectivity index (χ2v) is 5.82.